The van der Waals surface area contributed by atoms with Crippen LogP contribution in [0.25, 0.3) is 0 Å². The third-order valence-corrected chi connectivity index (χ3v) is 4.08. The molecule has 1 saturated carbocycles. The minimum atomic E-state index is 0.0895. The van der Waals surface area contributed by atoms with Gasteiger partial charge in [-0.2, -0.15) is 0 Å². The molecule has 2 atom stereocenters. The van der Waals surface area contributed by atoms with Crippen molar-refractivity contribution in [3.05, 3.63) is 5.89 Å². The third-order valence-electron chi connectivity index (χ3n) is 4.08. The summed E-state index contributed by atoms with van der Waals surface area (Å²) in [5.74, 6) is 1.40. The van der Waals surface area contributed by atoms with E-state index in [0.29, 0.717) is 24.6 Å². The normalized spacial score (nSPS) is 17.7. The highest BCUT2D eigenvalue weighted by Crippen LogP contribution is 2.36. The summed E-state index contributed by atoms with van der Waals surface area (Å²) in [6, 6.07) is 1.13. The zero-order valence-electron chi connectivity index (χ0n) is 13.6. The summed E-state index contributed by atoms with van der Waals surface area (Å²) in [5.41, 5.74) is 0. The number of rotatable bonds is 10. The van der Waals surface area contributed by atoms with Gasteiger partial charge in [-0.15, -0.1) is 5.10 Å². The van der Waals surface area contributed by atoms with Gasteiger partial charge in [0.15, 0.2) is 0 Å². The smallest absolute Gasteiger partial charge is 0.318 e. The van der Waals surface area contributed by atoms with Crippen LogP contribution in [0.3, 0.4) is 0 Å². The maximum Gasteiger partial charge on any atom is 0.318 e. The number of anilines is 1. The lowest BCUT2D eigenvalue weighted by Gasteiger charge is -2.27. The molecular weight excluding hydrogens is 268 g/mol. The van der Waals surface area contributed by atoms with Crippen molar-refractivity contribution in [2.75, 3.05) is 31.7 Å². The molecular formula is C15H28N4O2. The zero-order chi connectivity index (χ0) is 15.2. The van der Waals surface area contributed by atoms with Crippen LogP contribution < -0.4 is 10.2 Å². The SMILES string of the molecule is CCCNC(C)c1nnc(N(CCOC)C(C)C2CC2)o1. The minimum Gasteiger partial charge on any atom is -0.406 e. The van der Waals surface area contributed by atoms with Gasteiger partial charge in [-0.3, -0.25) is 0 Å². The van der Waals surface area contributed by atoms with Crippen LogP contribution in [-0.2, 0) is 4.74 Å². The first-order valence-electron chi connectivity index (χ1n) is 7.99. The third kappa shape index (κ3) is 4.41. The average Bonchev–Trinajstić information content (AvgIpc) is 3.23. The molecule has 1 aliphatic carbocycles. The van der Waals surface area contributed by atoms with Crippen molar-refractivity contribution in [1.82, 2.24) is 15.5 Å². The quantitative estimate of drug-likeness (QED) is 0.715. The molecule has 0 bridgehead atoms. The highest BCUT2D eigenvalue weighted by atomic mass is 16.5. The predicted octanol–water partition coefficient (Wildman–Crippen LogP) is 2.38. The Bertz CT molecular complexity index is 420. The molecule has 1 aromatic heterocycles. The number of hydrogen-bond donors (Lipinski definition) is 1. The number of hydrogen-bond acceptors (Lipinski definition) is 6. The van der Waals surface area contributed by atoms with E-state index >= 15 is 0 Å². The molecule has 0 amide bonds. The molecule has 6 nitrogen and oxygen atoms in total. The van der Waals surface area contributed by atoms with Crippen LogP contribution in [-0.4, -0.2) is 43.0 Å². The lowest BCUT2D eigenvalue weighted by atomic mass is 10.2. The summed E-state index contributed by atoms with van der Waals surface area (Å²) in [6.45, 7) is 8.82. The Morgan fingerprint density at radius 3 is 2.76 bits per heavy atom. The van der Waals surface area contributed by atoms with Crippen LogP contribution in [0.15, 0.2) is 4.42 Å². The fourth-order valence-corrected chi connectivity index (χ4v) is 2.46. The van der Waals surface area contributed by atoms with E-state index in [2.05, 4.69) is 41.2 Å². The molecule has 1 aliphatic rings. The van der Waals surface area contributed by atoms with Gasteiger partial charge in [-0.25, -0.2) is 0 Å². The van der Waals surface area contributed by atoms with Crippen LogP contribution in [0.2, 0.25) is 0 Å². The zero-order valence-corrected chi connectivity index (χ0v) is 13.6. The van der Waals surface area contributed by atoms with Crippen LogP contribution >= 0.6 is 0 Å². The molecule has 120 valence electrons. The van der Waals surface area contributed by atoms with Gasteiger partial charge in [0.2, 0.25) is 5.89 Å². The molecule has 1 N–H and O–H groups in total. The predicted molar refractivity (Wildman–Crippen MR) is 82.4 cm³/mol. The number of ether oxygens (including phenoxy) is 1. The van der Waals surface area contributed by atoms with Gasteiger partial charge in [0.05, 0.1) is 12.6 Å². The lowest BCUT2D eigenvalue weighted by Crippen LogP contribution is -2.37. The summed E-state index contributed by atoms with van der Waals surface area (Å²) in [6.07, 6.45) is 3.67. The summed E-state index contributed by atoms with van der Waals surface area (Å²) >= 11 is 0. The van der Waals surface area contributed by atoms with E-state index < -0.39 is 0 Å². The van der Waals surface area contributed by atoms with Gasteiger partial charge in [0, 0.05) is 19.7 Å². The molecule has 0 saturated heterocycles. The van der Waals surface area contributed by atoms with E-state index in [1.165, 1.54) is 12.8 Å². The van der Waals surface area contributed by atoms with Crippen LogP contribution in [0.1, 0.15) is 52.0 Å². The van der Waals surface area contributed by atoms with Crippen molar-refractivity contribution in [3.63, 3.8) is 0 Å². The molecule has 6 heteroatoms. The van der Waals surface area contributed by atoms with Crippen molar-refractivity contribution in [3.8, 4) is 0 Å². The van der Waals surface area contributed by atoms with E-state index in [1.54, 1.807) is 7.11 Å². The van der Waals surface area contributed by atoms with E-state index in [-0.39, 0.29) is 6.04 Å². The molecule has 1 fully saturated rings. The Labute approximate surface area is 127 Å². The number of nitrogens with one attached hydrogen (secondary N) is 1. The molecule has 1 heterocycles. The molecule has 0 spiro atoms. The molecule has 1 aromatic rings. The largest absolute Gasteiger partial charge is 0.406 e. The van der Waals surface area contributed by atoms with E-state index in [0.717, 1.165) is 25.4 Å². The van der Waals surface area contributed by atoms with Crippen molar-refractivity contribution in [2.45, 2.75) is 52.1 Å². The van der Waals surface area contributed by atoms with Gasteiger partial charge in [0.1, 0.15) is 0 Å². The standard InChI is InChI=1S/C15H28N4O2/c1-5-8-16-11(2)14-17-18-15(21-14)19(9-10-20-4)12(3)13-6-7-13/h11-13,16H,5-10H2,1-4H3. The second kappa shape index (κ2) is 7.75. The first-order chi connectivity index (χ1) is 10.2. The Hall–Kier alpha value is -1.14. The molecule has 0 aliphatic heterocycles. The van der Waals surface area contributed by atoms with E-state index in [4.69, 9.17) is 9.15 Å². The summed E-state index contributed by atoms with van der Waals surface area (Å²) < 4.78 is 11.1. The van der Waals surface area contributed by atoms with Crippen LogP contribution in [0.4, 0.5) is 6.01 Å². The van der Waals surface area contributed by atoms with Crippen molar-refractivity contribution in [2.24, 2.45) is 5.92 Å². The van der Waals surface area contributed by atoms with E-state index in [1.807, 2.05) is 0 Å². The van der Waals surface area contributed by atoms with Gasteiger partial charge in [0.25, 0.3) is 0 Å². The second-order valence-electron chi connectivity index (χ2n) is 5.86. The van der Waals surface area contributed by atoms with Gasteiger partial charge < -0.3 is 19.4 Å². The molecule has 2 rings (SSSR count). The topological polar surface area (TPSA) is 63.4 Å². The highest BCUT2D eigenvalue weighted by Gasteiger charge is 2.34. The monoisotopic (exact) mass is 296 g/mol. The average molecular weight is 296 g/mol. The van der Waals surface area contributed by atoms with Gasteiger partial charge >= 0.3 is 6.01 Å². The lowest BCUT2D eigenvalue weighted by molar-refractivity contribution is 0.201. The Balaban J connectivity index is 2.03. The number of methoxy groups -OCH3 is 1. The fourth-order valence-electron chi connectivity index (χ4n) is 2.46. The maximum atomic E-state index is 5.89. The summed E-state index contributed by atoms with van der Waals surface area (Å²) in [7, 11) is 1.72. The van der Waals surface area contributed by atoms with Gasteiger partial charge in [-0.1, -0.05) is 12.0 Å². The highest BCUT2D eigenvalue weighted by molar-refractivity contribution is 5.27. The molecule has 0 aromatic carbocycles. The van der Waals surface area contributed by atoms with Crippen molar-refractivity contribution >= 4 is 6.01 Å². The summed E-state index contributed by atoms with van der Waals surface area (Å²) in [4.78, 5) is 2.18. The van der Waals surface area contributed by atoms with Crippen LogP contribution in [0, 0.1) is 5.92 Å². The number of aromatic nitrogens is 2. The fraction of sp³-hybridized carbons (Fsp3) is 0.867. The maximum absolute atomic E-state index is 5.89. The van der Waals surface area contributed by atoms with Crippen LogP contribution in [0.5, 0.6) is 0 Å². The minimum absolute atomic E-state index is 0.0895. The Morgan fingerprint density at radius 2 is 2.14 bits per heavy atom. The first kappa shape index (κ1) is 16.2. The molecule has 0 radical (unpaired) electrons. The van der Waals surface area contributed by atoms with Crippen molar-refractivity contribution < 1.29 is 9.15 Å². The molecule has 21 heavy (non-hydrogen) atoms. The number of nitrogens with zero attached hydrogens (tertiary/aromatic N) is 3. The van der Waals surface area contributed by atoms with Gasteiger partial charge in [-0.05, 0) is 45.6 Å². The Kier molecular flexibility index (Phi) is 5.99. The summed E-state index contributed by atoms with van der Waals surface area (Å²) in [5, 5.41) is 11.8. The second-order valence-corrected chi connectivity index (χ2v) is 5.86. The Morgan fingerprint density at radius 1 is 1.38 bits per heavy atom. The van der Waals surface area contributed by atoms with Crippen molar-refractivity contribution in [1.29, 1.82) is 0 Å². The first-order valence-corrected chi connectivity index (χ1v) is 7.99. The molecule has 2 unspecified atom stereocenters. The van der Waals surface area contributed by atoms with E-state index in [9.17, 15) is 0 Å².